The fourth-order valence-corrected chi connectivity index (χ4v) is 2.01. The molecule has 21 heavy (non-hydrogen) atoms. The quantitative estimate of drug-likeness (QED) is 0.715. The van der Waals surface area contributed by atoms with Crippen LogP contribution < -0.4 is 14.8 Å². The summed E-state index contributed by atoms with van der Waals surface area (Å²) >= 11 is 5.88. The van der Waals surface area contributed by atoms with E-state index in [4.69, 9.17) is 21.1 Å². The van der Waals surface area contributed by atoms with Crippen LogP contribution in [0.1, 0.15) is 6.42 Å². The molecule has 0 saturated carbocycles. The highest BCUT2D eigenvalue weighted by molar-refractivity contribution is 6.30. The molecule has 0 saturated heterocycles. The zero-order valence-corrected chi connectivity index (χ0v) is 12.7. The predicted octanol–water partition coefficient (Wildman–Crippen LogP) is 3.78. The minimum absolute atomic E-state index is 0.625. The first-order valence-corrected chi connectivity index (χ1v) is 7.49. The number of benzene rings is 2. The molecule has 0 aliphatic rings. The maximum absolute atomic E-state index is 5.88. The molecule has 0 aromatic heterocycles. The standard InChI is InChI=1S/C17H20ClNO2/c18-15-6-4-9-17(14-15)21-13-11-19-10-5-12-20-16-7-2-1-3-8-16/h1-4,6-9,14,19H,5,10-13H2. The Morgan fingerprint density at radius 3 is 2.38 bits per heavy atom. The van der Waals surface area contributed by atoms with E-state index in [0.29, 0.717) is 18.2 Å². The Morgan fingerprint density at radius 1 is 0.810 bits per heavy atom. The minimum Gasteiger partial charge on any atom is -0.494 e. The molecule has 0 aliphatic heterocycles. The highest BCUT2D eigenvalue weighted by atomic mass is 35.5. The monoisotopic (exact) mass is 305 g/mol. The summed E-state index contributed by atoms with van der Waals surface area (Å²) < 4.78 is 11.2. The van der Waals surface area contributed by atoms with Crippen LogP contribution in [0.5, 0.6) is 11.5 Å². The molecule has 2 aromatic carbocycles. The first-order valence-electron chi connectivity index (χ1n) is 7.11. The Morgan fingerprint density at radius 2 is 1.57 bits per heavy atom. The van der Waals surface area contributed by atoms with Crippen LogP contribution in [0, 0.1) is 0 Å². The van der Waals surface area contributed by atoms with Gasteiger partial charge in [-0.25, -0.2) is 0 Å². The number of halogens is 1. The SMILES string of the molecule is Clc1cccc(OCCNCCCOc2ccccc2)c1. The van der Waals surface area contributed by atoms with Crippen LogP contribution in [0.2, 0.25) is 5.02 Å². The van der Waals surface area contributed by atoms with E-state index >= 15 is 0 Å². The van der Waals surface area contributed by atoms with E-state index in [9.17, 15) is 0 Å². The summed E-state index contributed by atoms with van der Waals surface area (Å²) in [4.78, 5) is 0. The van der Waals surface area contributed by atoms with E-state index in [1.165, 1.54) is 0 Å². The highest BCUT2D eigenvalue weighted by Gasteiger charge is 1.95. The largest absolute Gasteiger partial charge is 0.494 e. The molecule has 0 aliphatic carbocycles. The third-order valence-corrected chi connectivity index (χ3v) is 3.09. The highest BCUT2D eigenvalue weighted by Crippen LogP contribution is 2.16. The van der Waals surface area contributed by atoms with Crippen molar-refractivity contribution in [3.63, 3.8) is 0 Å². The van der Waals surface area contributed by atoms with Crippen LogP contribution in [0.3, 0.4) is 0 Å². The lowest BCUT2D eigenvalue weighted by Gasteiger charge is -2.08. The van der Waals surface area contributed by atoms with Gasteiger partial charge in [0.2, 0.25) is 0 Å². The van der Waals surface area contributed by atoms with Gasteiger partial charge in [0.25, 0.3) is 0 Å². The lowest BCUT2D eigenvalue weighted by atomic mass is 10.3. The average Bonchev–Trinajstić information content (AvgIpc) is 2.51. The number of para-hydroxylation sites is 1. The van der Waals surface area contributed by atoms with Crippen LogP contribution in [0.25, 0.3) is 0 Å². The molecule has 0 unspecified atom stereocenters. The summed E-state index contributed by atoms with van der Waals surface area (Å²) in [6.07, 6.45) is 0.964. The van der Waals surface area contributed by atoms with Crippen molar-refractivity contribution in [2.24, 2.45) is 0 Å². The van der Waals surface area contributed by atoms with Gasteiger partial charge in [-0.15, -0.1) is 0 Å². The zero-order chi connectivity index (χ0) is 14.8. The van der Waals surface area contributed by atoms with Crippen molar-refractivity contribution in [3.8, 4) is 11.5 Å². The minimum atomic E-state index is 0.625. The number of hydrogen-bond donors (Lipinski definition) is 1. The van der Waals surface area contributed by atoms with Gasteiger partial charge in [0.05, 0.1) is 6.61 Å². The van der Waals surface area contributed by atoms with Gasteiger partial charge in [-0.2, -0.15) is 0 Å². The third kappa shape index (κ3) is 6.52. The van der Waals surface area contributed by atoms with Gasteiger partial charge in [0.1, 0.15) is 18.1 Å². The van der Waals surface area contributed by atoms with Crippen LogP contribution in [-0.2, 0) is 0 Å². The lowest BCUT2D eigenvalue weighted by molar-refractivity contribution is 0.294. The smallest absolute Gasteiger partial charge is 0.120 e. The van der Waals surface area contributed by atoms with Gasteiger partial charge in [-0.05, 0) is 43.3 Å². The van der Waals surface area contributed by atoms with E-state index in [-0.39, 0.29) is 0 Å². The summed E-state index contributed by atoms with van der Waals surface area (Å²) in [7, 11) is 0. The molecule has 2 rings (SSSR count). The van der Waals surface area contributed by atoms with Gasteiger partial charge in [0.15, 0.2) is 0 Å². The molecule has 0 heterocycles. The van der Waals surface area contributed by atoms with Crippen molar-refractivity contribution in [2.75, 3.05) is 26.3 Å². The van der Waals surface area contributed by atoms with Crippen LogP contribution in [0.4, 0.5) is 0 Å². The van der Waals surface area contributed by atoms with Crippen molar-refractivity contribution in [1.82, 2.24) is 5.32 Å². The first-order chi connectivity index (χ1) is 10.3. The Hall–Kier alpha value is -1.71. The lowest BCUT2D eigenvalue weighted by Crippen LogP contribution is -2.23. The molecule has 0 fully saturated rings. The second-order valence-corrected chi connectivity index (χ2v) is 5.01. The summed E-state index contributed by atoms with van der Waals surface area (Å²) in [5.41, 5.74) is 0. The molecule has 2 aromatic rings. The van der Waals surface area contributed by atoms with Crippen molar-refractivity contribution in [3.05, 3.63) is 59.6 Å². The second-order valence-electron chi connectivity index (χ2n) is 4.57. The zero-order valence-electron chi connectivity index (χ0n) is 11.9. The Bertz CT molecular complexity index is 519. The maximum atomic E-state index is 5.88. The van der Waals surface area contributed by atoms with Gasteiger partial charge in [-0.3, -0.25) is 0 Å². The molecular formula is C17H20ClNO2. The van der Waals surface area contributed by atoms with Crippen LogP contribution in [-0.4, -0.2) is 26.3 Å². The molecular weight excluding hydrogens is 286 g/mol. The molecule has 0 amide bonds. The third-order valence-electron chi connectivity index (χ3n) is 2.85. The molecule has 0 atom stereocenters. The second kappa shape index (κ2) is 9.27. The average molecular weight is 306 g/mol. The van der Waals surface area contributed by atoms with E-state index < -0.39 is 0 Å². The molecule has 112 valence electrons. The molecule has 4 heteroatoms. The first kappa shape index (κ1) is 15.7. The fraction of sp³-hybridized carbons (Fsp3) is 0.294. The number of hydrogen-bond acceptors (Lipinski definition) is 3. The number of rotatable bonds is 9. The normalized spacial score (nSPS) is 10.3. The summed E-state index contributed by atoms with van der Waals surface area (Å²) in [5, 5.41) is 4.01. The van der Waals surface area contributed by atoms with Gasteiger partial charge in [-0.1, -0.05) is 35.9 Å². The van der Waals surface area contributed by atoms with Crippen LogP contribution in [0.15, 0.2) is 54.6 Å². The van der Waals surface area contributed by atoms with Gasteiger partial charge < -0.3 is 14.8 Å². The number of ether oxygens (including phenoxy) is 2. The summed E-state index contributed by atoms with van der Waals surface area (Å²) in [6.45, 7) is 3.05. The van der Waals surface area contributed by atoms with Crippen molar-refractivity contribution in [1.29, 1.82) is 0 Å². The van der Waals surface area contributed by atoms with Crippen molar-refractivity contribution < 1.29 is 9.47 Å². The maximum Gasteiger partial charge on any atom is 0.120 e. The van der Waals surface area contributed by atoms with Crippen molar-refractivity contribution in [2.45, 2.75) is 6.42 Å². The van der Waals surface area contributed by atoms with Crippen LogP contribution >= 0.6 is 11.6 Å². The van der Waals surface area contributed by atoms with E-state index in [1.807, 2.05) is 54.6 Å². The molecule has 0 bridgehead atoms. The molecule has 0 spiro atoms. The fourth-order valence-electron chi connectivity index (χ4n) is 1.83. The Labute approximate surface area is 130 Å². The van der Waals surface area contributed by atoms with E-state index in [1.54, 1.807) is 0 Å². The number of nitrogens with one attached hydrogen (secondary N) is 1. The predicted molar refractivity (Wildman–Crippen MR) is 86.4 cm³/mol. The Kier molecular flexibility index (Phi) is 6.92. The van der Waals surface area contributed by atoms with Gasteiger partial charge in [0, 0.05) is 11.6 Å². The Balaban J connectivity index is 1.47. The van der Waals surface area contributed by atoms with E-state index in [0.717, 1.165) is 31.0 Å². The van der Waals surface area contributed by atoms with Gasteiger partial charge >= 0.3 is 0 Å². The van der Waals surface area contributed by atoms with Crippen molar-refractivity contribution >= 4 is 11.6 Å². The molecule has 0 radical (unpaired) electrons. The topological polar surface area (TPSA) is 30.5 Å². The van der Waals surface area contributed by atoms with E-state index in [2.05, 4.69) is 5.32 Å². The summed E-state index contributed by atoms with van der Waals surface area (Å²) in [6, 6.07) is 17.3. The summed E-state index contributed by atoms with van der Waals surface area (Å²) in [5.74, 6) is 1.72. The molecule has 1 N–H and O–H groups in total. The molecule has 3 nitrogen and oxygen atoms in total.